The van der Waals surface area contributed by atoms with Gasteiger partial charge in [0.2, 0.25) is 5.91 Å². The van der Waals surface area contributed by atoms with Crippen molar-refractivity contribution in [2.45, 2.75) is 91.9 Å². The molecule has 5 heteroatoms. The maximum Gasteiger partial charge on any atom is 0.240 e. The Hall–Kier alpha value is -1.65. The normalized spacial score (nSPS) is 11.8. The minimum absolute atomic E-state index is 0.0189. The lowest BCUT2D eigenvalue weighted by Gasteiger charge is -2.05. The van der Waals surface area contributed by atoms with Gasteiger partial charge in [0.15, 0.2) is 0 Å². The Labute approximate surface area is 160 Å². The maximum absolute atomic E-state index is 11.6. The van der Waals surface area contributed by atoms with Crippen LogP contribution in [0, 0.1) is 11.8 Å². The van der Waals surface area contributed by atoms with Gasteiger partial charge >= 0.3 is 0 Å². The number of carbonyl (C=O) groups is 1. The molecule has 1 amide bonds. The molecule has 0 aromatic heterocycles. The van der Waals surface area contributed by atoms with E-state index < -0.39 is 0 Å². The average Bonchev–Trinajstić information content (AvgIpc) is 2.57. The second kappa shape index (κ2) is 16.8. The summed E-state index contributed by atoms with van der Waals surface area (Å²) in [5, 5.41) is 8.13. The molecule has 0 saturated heterocycles. The first-order valence-electron chi connectivity index (χ1n) is 10.2. The highest BCUT2D eigenvalue weighted by Gasteiger charge is 2.00. The Morgan fingerprint density at radius 1 is 0.808 bits per heavy atom. The van der Waals surface area contributed by atoms with Gasteiger partial charge in [-0.3, -0.25) is 10.2 Å². The number of carbonyl (C=O) groups excluding carboxylic acids is 1. The lowest BCUT2D eigenvalue weighted by atomic mass is 10.1. The molecule has 0 rings (SSSR count). The van der Waals surface area contributed by atoms with E-state index in [-0.39, 0.29) is 5.91 Å². The zero-order valence-electron chi connectivity index (χ0n) is 17.4. The molecule has 0 aliphatic heterocycles. The van der Waals surface area contributed by atoms with Gasteiger partial charge in [0, 0.05) is 24.5 Å². The first-order chi connectivity index (χ1) is 12.4. The van der Waals surface area contributed by atoms with Crippen molar-refractivity contribution < 1.29 is 4.79 Å². The predicted octanol–water partition coefficient (Wildman–Crippen LogP) is 5.39. The van der Waals surface area contributed by atoms with Crippen molar-refractivity contribution in [3.05, 3.63) is 12.3 Å². The van der Waals surface area contributed by atoms with Gasteiger partial charge in [0.25, 0.3) is 0 Å². The Bertz CT molecular complexity index is 388. The molecular weight excluding hydrogens is 324 g/mol. The molecule has 0 bridgehead atoms. The maximum atomic E-state index is 11.6. The number of nitrogens with one attached hydrogen (secondary N) is 2. The molecule has 26 heavy (non-hydrogen) atoms. The van der Waals surface area contributed by atoms with E-state index in [4.69, 9.17) is 0 Å². The second-order valence-corrected chi connectivity index (χ2v) is 7.75. The topological polar surface area (TPSA) is 65.8 Å². The monoisotopic (exact) mass is 364 g/mol. The smallest absolute Gasteiger partial charge is 0.240 e. The highest BCUT2D eigenvalue weighted by Crippen LogP contribution is 2.10. The van der Waals surface area contributed by atoms with Crippen LogP contribution in [0.5, 0.6) is 0 Å². The first kappa shape index (κ1) is 24.4. The standard InChI is InChI=1S/C21H40N4O/c1-18(2)14-16-22-24-20(5)12-10-8-6-7-9-11-13-21(26)25-23-17-15-19(3)4/h16-19,24H,5-15H2,1-4H3,(H,25,26)/b22-16+,23-17+. The van der Waals surface area contributed by atoms with Crippen molar-refractivity contribution in [2.24, 2.45) is 22.0 Å². The van der Waals surface area contributed by atoms with Crippen molar-refractivity contribution in [3.63, 3.8) is 0 Å². The number of hydrogen-bond acceptors (Lipinski definition) is 4. The molecule has 0 aliphatic rings. The van der Waals surface area contributed by atoms with Crippen LogP contribution >= 0.6 is 0 Å². The van der Waals surface area contributed by atoms with E-state index in [2.05, 4.69) is 55.3 Å². The van der Waals surface area contributed by atoms with Crippen LogP contribution < -0.4 is 10.9 Å². The summed E-state index contributed by atoms with van der Waals surface area (Å²) in [6.07, 6.45) is 13.9. The SMILES string of the molecule is C=C(CCCCCCCCC(=O)N/N=C/CC(C)C)N/N=C/CC(C)C. The number of allylic oxidation sites excluding steroid dienone is 1. The summed E-state index contributed by atoms with van der Waals surface area (Å²) in [6, 6.07) is 0. The molecule has 0 aromatic carbocycles. The van der Waals surface area contributed by atoms with E-state index in [0.717, 1.165) is 44.2 Å². The van der Waals surface area contributed by atoms with Gasteiger partial charge in [0.05, 0.1) is 0 Å². The number of amides is 1. The number of rotatable bonds is 16. The summed E-state index contributed by atoms with van der Waals surface area (Å²) in [7, 11) is 0. The number of hydrogen-bond donors (Lipinski definition) is 2. The van der Waals surface area contributed by atoms with Crippen LogP contribution in [0.25, 0.3) is 0 Å². The zero-order valence-corrected chi connectivity index (χ0v) is 17.4. The molecule has 0 spiro atoms. The van der Waals surface area contributed by atoms with Crippen LogP contribution in [-0.2, 0) is 4.79 Å². The highest BCUT2D eigenvalue weighted by molar-refractivity contribution is 5.76. The summed E-state index contributed by atoms with van der Waals surface area (Å²) in [5.41, 5.74) is 6.58. The van der Waals surface area contributed by atoms with Crippen molar-refractivity contribution in [2.75, 3.05) is 0 Å². The third-order valence-electron chi connectivity index (χ3n) is 3.88. The van der Waals surface area contributed by atoms with Gasteiger partial charge in [-0.15, -0.1) is 0 Å². The number of unbranched alkanes of at least 4 members (excludes halogenated alkanes) is 5. The largest absolute Gasteiger partial charge is 0.284 e. The van der Waals surface area contributed by atoms with Crippen LogP contribution in [0.3, 0.4) is 0 Å². The Balaban J connectivity index is 3.42. The van der Waals surface area contributed by atoms with Gasteiger partial charge in [-0.1, -0.05) is 60.0 Å². The highest BCUT2D eigenvalue weighted by atomic mass is 16.2. The van der Waals surface area contributed by atoms with E-state index in [1.165, 1.54) is 19.3 Å². The molecule has 0 unspecified atom stereocenters. The summed E-state index contributed by atoms with van der Waals surface area (Å²) in [6.45, 7) is 12.6. The van der Waals surface area contributed by atoms with Gasteiger partial charge in [-0.25, -0.2) is 5.43 Å². The Morgan fingerprint density at radius 3 is 1.81 bits per heavy atom. The molecular formula is C21H40N4O. The van der Waals surface area contributed by atoms with Gasteiger partial charge in [-0.05, 0) is 43.9 Å². The Morgan fingerprint density at radius 2 is 1.27 bits per heavy atom. The van der Waals surface area contributed by atoms with E-state index in [1.807, 2.05) is 6.21 Å². The van der Waals surface area contributed by atoms with E-state index in [9.17, 15) is 4.79 Å². The number of hydrazone groups is 2. The molecule has 0 saturated carbocycles. The van der Waals surface area contributed by atoms with E-state index in [0.29, 0.717) is 18.3 Å². The summed E-state index contributed by atoms with van der Waals surface area (Å²) in [4.78, 5) is 11.6. The van der Waals surface area contributed by atoms with Crippen molar-refractivity contribution in [1.82, 2.24) is 10.9 Å². The van der Waals surface area contributed by atoms with Crippen LogP contribution in [0.2, 0.25) is 0 Å². The van der Waals surface area contributed by atoms with Crippen LogP contribution in [0.4, 0.5) is 0 Å². The van der Waals surface area contributed by atoms with Crippen LogP contribution in [0.1, 0.15) is 91.9 Å². The zero-order chi connectivity index (χ0) is 19.6. The van der Waals surface area contributed by atoms with E-state index in [1.54, 1.807) is 6.21 Å². The van der Waals surface area contributed by atoms with Crippen LogP contribution in [-0.4, -0.2) is 18.3 Å². The third-order valence-corrected chi connectivity index (χ3v) is 3.88. The summed E-state index contributed by atoms with van der Waals surface area (Å²) >= 11 is 0. The number of nitrogens with zero attached hydrogens (tertiary/aromatic N) is 2. The molecule has 150 valence electrons. The summed E-state index contributed by atoms with van der Waals surface area (Å²) < 4.78 is 0. The molecule has 0 aromatic rings. The fourth-order valence-electron chi connectivity index (χ4n) is 2.22. The van der Waals surface area contributed by atoms with Gasteiger partial charge in [0.1, 0.15) is 0 Å². The predicted molar refractivity (Wildman–Crippen MR) is 113 cm³/mol. The molecule has 0 atom stereocenters. The minimum atomic E-state index is 0.0189. The van der Waals surface area contributed by atoms with Crippen molar-refractivity contribution in [1.29, 1.82) is 0 Å². The fraction of sp³-hybridized carbons (Fsp3) is 0.762. The minimum Gasteiger partial charge on any atom is -0.284 e. The van der Waals surface area contributed by atoms with Gasteiger partial charge < -0.3 is 0 Å². The third kappa shape index (κ3) is 18.7. The second-order valence-electron chi connectivity index (χ2n) is 7.75. The van der Waals surface area contributed by atoms with Gasteiger partial charge in [-0.2, -0.15) is 10.2 Å². The lowest BCUT2D eigenvalue weighted by Crippen LogP contribution is -2.16. The van der Waals surface area contributed by atoms with E-state index >= 15 is 0 Å². The molecule has 5 nitrogen and oxygen atoms in total. The molecule has 0 aliphatic carbocycles. The van der Waals surface area contributed by atoms with Crippen molar-refractivity contribution in [3.8, 4) is 0 Å². The lowest BCUT2D eigenvalue weighted by molar-refractivity contribution is -0.121. The average molecular weight is 365 g/mol. The molecule has 0 radical (unpaired) electrons. The first-order valence-corrected chi connectivity index (χ1v) is 10.2. The van der Waals surface area contributed by atoms with Crippen LogP contribution in [0.15, 0.2) is 22.5 Å². The fourth-order valence-corrected chi connectivity index (χ4v) is 2.22. The quantitative estimate of drug-likeness (QED) is 0.219. The molecule has 0 heterocycles. The molecule has 0 fully saturated rings. The summed E-state index contributed by atoms with van der Waals surface area (Å²) in [5.74, 6) is 1.23. The Kier molecular flexibility index (Phi) is 15.7. The van der Waals surface area contributed by atoms with Crippen molar-refractivity contribution >= 4 is 18.3 Å². The molecule has 2 N–H and O–H groups in total.